The summed E-state index contributed by atoms with van der Waals surface area (Å²) in [5.41, 5.74) is 1.13. The summed E-state index contributed by atoms with van der Waals surface area (Å²) in [7, 11) is 0. The highest BCUT2D eigenvalue weighted by molar-refractivity contribution is 9.10. The van der Waals surface area contributed by atoms with Gasteiger partial charge in [0.1, 0.15) is 6.29 Å². The molecule has 3 nitrogen and oxygen atoms in total. The van der Waals surface area contributed by atoms with Crippen LogP contribution in [-0.2, 0) is 9.53 Å². The van der Waals surface area contributed by atoms with Gasteiger partial charge in [0.15, 0.2) is 0 Å². The fourth-order valence-corrected chi connectivity index (χ4v) is 1.84. The molecule has 0 spiro atoms. The lowest BCUT2D eigenvalue weighted by Gasteiger charge is -2.27. The monoisotopic (exact) mass is 269 g/mol. The maximum absolute atomic E-state index is 10.5. The molecule has 1 heterocycles. The number of carbonyl (C=O) groups excluding carboxylic acids is 1. The van der Waals surface area contributed by atoms with E-state index in [-0.39, 0.29) is 12.1 Å². The predicted octanol–water partition coefficient (Wildman–Crippen LogP) is 1.68. The summed E-state index contributed by atoms with van der Waals surface area (Å²) < 4.78 is 6.65. The Morgan fingerprint density at radius 1 is 1.40 bits per heavy atom. The highest BCUT2D eigenvalue weighted by Gasteiger charge is 2.21. The smallest absolute Gasteiger partial charge is 0.139 e. The van der Waals surface area contributed by atoms with Crippen molar-refractivity contribution >= 4 is 22.2 Å². The van der Waals surface area contributed by atoms with Crippen molar-refractivity contribution in [2.45, 2.75) is 12.1 Å². The minimum atomic E-state index is -0.156. The van der Waals surface area contributed by atoms with E-state index in [4.69, 9.17) is 4.74 Å². The van der Waals surface area contributed by atoms with Crippen LogP contribution in [0.25, 0.3) is 0 Å². The van der Waals surface area contributed by atoms with E-state index in [1.54, 1.807) is 0 Å². The summed E-state index contributed by atoms with van der Waals surface area (Å²) >= 11 is 3.39. The average Bonchev–Trinajstić information content (AvgIpc) is 2.30. The quantitative estimate of drug-likeness (QED) is 0.831. The molecule has 1 aliphatic rings. The third-order valence-corrected chi connectivity index (χ3v) is 2.98. The standard InChI is InChI=1S/C11H12BrNO2/c12-9-3-1-8(2-4-9)11-5-13-10(6-14)7-15-11/h1-4,6,10-11,13H,5,7H2. The number of aldehydes is 1. The largest absolute Gasteiger partial charge is 0.370 e. The van der Waals surface area contributed by atoms with Crippen LogP contribution < -0.4 is 5.32 Å². The number of rotatable bonds is 2. The second kappa shape index (κ2) is 4.88. The molecule has 2 rings (SSSR count). The zero-order valence-corrected chi connectivity index (χ0v) is 9.74. The summed E-state index contributed by atoms with van der Waals surface area (Å²) in [5, 5.41) is 3.13. The molecule has 0 radical (unpaired) electrons. The third kappa shape index (κ3) is 2.65. The Morgan fingerprint density at radius 3 is 2.67 bits per heavy atom. The molecule has 4 heteroatoms. The minimum Gasteiger partial charge on any atom is -0.370 e. The average molecular weight is 270 g/mol. The van der Waals surface area contributed by atoms with Crippen LogP contribution in [0.15, 0.2) is 28.7 Å². The highest BCUT2D eigenvalue weighted by atomic mass is 79.9. The van der Waals surface area contributed by atoms with Gasteiger partial charge in [0.2, 0.25) is 0 Å². The van der Waals surface area contributed by atoms with Crippen molar-refractivity contribution in [3.8, 4) is 0 Å². The molecular weight excluding hydrogens is 258 g/mol. The van der Waals surface area contributed by atoms with Crippen molar-refractivity contribution in [3.05, 3.63) is 34.3 Å². The van der Waals surface area contributed by atoms with Gasteiger partial charge in [-0.1, -0.05) is 28.1 Å². The van der Waals surface area contributed by atoms with E-state index in [1.165, 1.54) is 0 Å². The van der Waals surface area contributed by atoms with Gasteiger partial charge in [-0.2, -0.15) is 0 Å². The Bertz CT molecular complexity index is 331. The summed E-state index contributed by atoms with van der Waals surface area (Å²) in [6.45, 7) is 1.13. The number of benzene rings is 1. The van der Waals surface area contributed by atoms with Gasteiger partial charge >= 0.3 is 0 Å². The van der Waals surface area contributed by atoms with Gasteiger partial charge in [0.05, 0.1) is 18.8 Å². The Hall–Kier alpha value is -0.710. The molecule has 0 aliphatic carbocycles. The number of nitrogens with one attached hydrogen (secondary N) is 1. The van der Waals surface area contributed by atoms with Crippen LogP contribution in [0.5, 0.6) is 0 Å². The van der Waals surface area contributed by atoms with E-state index in [1.807, 2.05) is 24.3 Å². The number of ether oxygens (including phenoxy) is 1. The summed E-state index contributed by atoms with van der Waals surface area (Å²) in [6.07, 6.45) is 0.937. The SMILES string of the molecule is O=CC1COC(c2ccc(Br)cc2)CN1. The van der Waals surface area contributed by atoms with Crippen LogP contribution in [0, 0.1) is 0 Å². The molecule has 1 aromatic carbocycles. The highest BCUT2D eigenvalue weighted by Crippen LogP contribution is 2.21. The van der Waals surface area contributed by atoms with E-state index in [2.05, 4.69) is 21.2 Å². The van der Waals surface area contributed by atoms with Gasteiger partial charge in [-0.3, -0.25) is 0 Å². The van der Waals surface area contributed by atoms with Crippen molar-refractivity contribution in [2.75, 3.05) is 13.2 Å². The molecule has 2 unspecified atom stereocenters. The van der Waals surface area contributed by atoms with E-state index >= 15 is 0 Å². The van der Waals surface area contributed by atoms with Crippen LogP contribution in [0.3, 0.4) is 0 Å². The molecule has 80 valence electrons. The lowest BCUT2D eigenvalue weighted by atomic mass is 10.1. The summed E-state index contributed by atoms with van der Waals surface area (Å²) in [5.74, 6) is 0. The molecule has 0 amide bonds. The van der Waals surface area contributed by atoms with Gasteiger partial charge in [-0.15, -0.1) is 0 Å². The van der Waals surface area contributed by atoms with Gasteiger partial charge in [0, 0.05) is 11.0 Å². The van der Waals surface area contributed by atoms with Gasteiger partial charge in [0.25, 0.3) is 0 Å². The molecule has 1 saturated heterocycles. The lowest BCUT2D eigenvalue weighted by Crippen LogP contribution is -2.43. The number of morpholine rings is 1. The maximum Gasteiger partial charge on any atom is 0.139 e. The lowest BCUT2D eigenvalue weighted by molar-refractivity contribution is -0.113. The Labute approximate surface area is 96.9 Å². The number of halogens is 1. The minimum absolute atomic E-state index is 0.0503. The molecule has 1 N–H and O–H groups in total. The molecular formula is C11H12BrNO2. The fourth-order valence-electron chi connectivity index (χ4n) is 1.57. The normalized spacial score (nSPS) is 26.2. The van der Waals surface area contributed by atoms with E-state index in [0.717, 1.165) is 16.3 Å². The molecule has 1 aromatic rings. The summed E-state index contributed by atoms with van der Waals surface area (Å²) in [4.78, 5) is 10.5. The Kier molecular flexibility index (Phi) is 3.51. The zero-order valence-electron chi connectivity index (χ0n) is 8.15. The number of hydrogen-bond donors (Lipinski definition) is 1. The van der Waals surface area contributed by atoms with Crippen molar-refractivity contribution in [2.24, 2.45) is 0 Å². The van der Waals surface area contributed by atoms with E-state index in [9.17, 15) is 4.79 Å². The van der Waals surface area contributed by atoms with Crippen LogP contribution in [0.4, 0.5) is 0 Å². The molecule has 0 aromatic heterocycles. The first-order chi connectivity index (χ1) is 7.29. The van der Waals surface area contributed by atoms with Crippen LogP contribution in [0.1, 0.15) is 11.7 Å². The van der Waals surface area contributed by atoms with Gasteiger partial charge in [-0.25, -0.2) is 0 Å². The first-order valence-electron chi connectivity index (χ1n) is 4.85. The van der Waals surface area contributed by atoms with Crippen LogP contribution >= 0.6 is 15.9 Å². The van der Waals surface area contributed by atoms with E-state index < -0.39 is 0 Å². The number of hydrogen-bond acceptors (Lipinski definition) is 3. The van der Waals surface area contributed by atoms with Crippen molar-refractivity contribution < 1.29 is 9.53 Å². The van der Waals surface area contributed by atoms with Crippen molar-refractivity contribution in [1.29, 1.82) is 0 Å². The predicted molar refractivity (Wildman–Crippen MR) is 60.7 cm³/mol. The molecule has 0 saturated carbocycles. The maximum atomic E-state index is 10.5. The van der Waals surface area contributed by atoms with Crippen molar-refractivity contribution in [3.63, 3.8) is 0 Å². The fraction of sp³-hybridized carbons (Fsp3) is 0.364. The molecule has 2 atom stereocenters. The third-order valence-electron chi connectivity index (χ3n) is 2.45. The zero-order chi connectivity index (χ0) is 10.7. The van der Waals surface area contributed by atoms with E-state index in [0.29, 0.717) is 13.2 Å². The van der Waals surface area contributed by atoms with Crippen molar-refractivity contribution in [1.82, 2.24) is 5.32 Å². The Balaban J connectivity index is 2.01. The second-order valence-electron chi connectivity index (χ2n) is 3.52. The number of carbonyl (C=O) groups is 1. The summed E-state index contributed by atoms with van der Waals surface area (Å²) in [6, 6.07) is 7.88. The van der Waals surface area contributed by atoms with Crippen LogP contribution in [0.2, 0.25) is 0 Å². The molecule has 15 heavy (non-hydrogen) atoms. The van der Waals surface area contributed by atoms with Crippen LogP contribution in [-0.4, -0.2) is 25.5 Å². The second-order valence-corrected chi connectivity index (χ2v) is 4.44. The Morgan fingerprint density at radius 2 is 2.13 bits per heavy atom. The first kappa shape index (κ1) is 10.8. The first-order valence-corrected chi connectivity index (χ1v) is 5.64. The van der Waals surface area contributed by atoms with Gasteiger partial charge < -0.3 is 14.8 Å². The topological polar surface area (TPSA) is 38.3 Å². The molecule has 1 fully saturated rings. The molecule has 1 aliphatic heterocycles. The molecule has 0 bridgehead atoms. The van der Waals surface area contributed by atoms with Gasteiger partial charge in [-0.05, 0) is 17.7 Å².